The van der Waals surface area contributed by atoms with Crippen molar-refractivity contribution in [3.8, 4) is 11.5 Å². The molecule has 0 radical (unpaired) electrons. The zero-order chi connectivity index (χ0) is 21.5. The van der Waals surface area contributed by atoms with E-state index in [4.69, 9.17) is 9.47 Å². The van der Waals surface area contributed by atoms with Crippen LogP contribution in [0.1, 0.15) is 22.5 Å². The standard InChI is InChI=1S/C23H21N3O5/c1-13-21(16-4-2-3-5-17(16)24-13)22(28)23(29)25-14-10-20(27)26(12-14)15-6-7-18-19(11-15)31-9-8-30-18/h2-7,11,14,24H,8-10,12H2,1H3,(H,25,29)/t14-/m0/s1. The molecule has 2 aromatic carbocycles. The van der Waals surface area contributed by atoms with Gasteiger partial charge in [0.1, 0.15) is 13.2 Å². The molecule has 0 unspecified atom stereocenters. The maximum Gasteiger partial charge on any atom is 0.292 e. The Hall–Kier alpha value is -3.81. The van der Waals surface area contributed by atoms with E-state index in [1.165, 1.54) is 0 Å². The van der Waals surface area contributed by atoms with Gasteiger partial charge in [0.25, 0.3) is 11.7 Å². The number of anilines is 1. The number of H-pyrrole nitrogens is 1. The van der Waals surface area contributed by atoms with Crippen LogP contribution in [-0.2, 0) is 9.59 Å². The molecule has 8 nitrogen and oxygen atoms in total. The average molecular weight is 419 g/mol. The molecule has 0 spiro atoms. The number of carbonyl (C=O) groups excluding carboxylic acids is 3. The van der Waals surface area contributed by atoms with Gasteiger partial charge in [0, 0.05) is 41.3 Å². The van der Waals surface area contributed by atoms with Crippen molar-refractivity contribution in [3.63, 3.8) is 0 Å². The normalized spacial score (nSPS) is 17.8. The number of ether oxygens (including phenoxy) is 2. The van der Waals surface area contributed by atoms with Crippen molar-refractivity contribution in [2.24, 2.45) is 0 Å². The lowest BCUT2D eigenvalue weighted by Crippen LogP contribution is -2.41. The van der Waals surface area contributed by atoms with Crippen LogP contribution in [-0.4, -0.2) is 48.4 Å². The number of ketones is 1. The maximum atomic E-state index is 12.9. The third-order valence-electron chi connectivity index (χ3n) is 5.62. The number of para-hydroxylation sites is 1. The molecule has 8 heteroatoms. The van der Waals surface area contributed by atoms with E-state index >= 15 is 0 Å². The zero-order valence-electron chi connectivity index (χ0n) is 16.9. The highest BCUT2D eigenvalue weighted by atomic mass is 16.6. The molecule has 1 saturated heterocycles. The first-order valence-corrected chi connectivity index (χ1v) is 10.1. The quantitative estimate of drug-likeness (QED) is 0.499. The van der Waals surface area contributed by atoms with Crippen molar-refractivity contribution in [3.05, 3.63) is 53.7 Å². The zero-order valence-corrected chi connectivity index (χ0v) is 16.9. The Morgan fingerprint density at radius 3 is 2.71 bits per heavy atom. The summed E-state index contributed by atoms with van der Waals surface area (Å²) in [6.45, 7) is 3.00. The van der Waals surface area contributed by atoms with Gasteiger partial charge >= 0.3 is 0 Å². The fourth-order valence-electron chi connectivity index (χ4n) is 4.19. The van der Waals surface area contributed by atoms with E-state index in [2.05, 4.69) is 10.3 Å². The van der Waals surface area contributed by atoms with Crippen LogP contribution in [0.15, 0.2) is 42.5 Å². The Morgan fingerprint density at radius 2 is 1.87 bits per heavy atom. The number of hydrogen-bond acceptors (Lipinski definition) is 5. The summed E-state index contributed by atoms with van der Waals surface area (Å²) in [5, 5.41) is 3.44. The summed E-state index contributed by atoms with van der Waals surface area (Å²) in [6.07, 6.45) is 0.125. The summed E-state index contributed by atoms with van der Waals surface area (Å²) >= 11 is 0. The number of nitrogens with one attached hydrogen (secondary N) is 2. The molecule has 2 amide bonds. The topological polar surface area (TPSA) is 101 Å². The number of nitrogens with zero attached hydrogens (tertiary/aromatic N) is 1. The molecule has 2 aliphatic heterocycles. The molecule has 1 atom stereocenters. The molecule has 1 aromatic heterocycles. The number of amides is 2. The third kappa shape index (κ3) is 3.39. The number of Topliss-reactive ketones (excluding diaryl/α,β-unsaturated/α-hetero) is 1. The number of aromatic nitrogens is 1. The van der Waals surface area contributed by atoms with E-state index in [9.17, 15) is 14.4 Å². The van der Waals surface area contributed by atoms with Gasteiger partial charge in [-0.1, -0.05) is 18.2 Å². The van der Waals surface area contributed by atoms with Crippen molar-refractivity contribution in [1.82, 2.24) is 10.3 Å². The summed E-state index contributed by atoms with van der Waals surface area (Å²) in [4.78, 5) is 42.8. The predicted molar refractivity (Wildman–Crippen MR) is 114 cm³/mol. The van der Waals surface area contributed by atoms with Gasteiger partial charge in [-0.3, -0.25) is 14.4 Å². The first-order valence-electron chi connectivity index (χ1n) is 10.1. The fraction of sp³-hybridized carbons (Fsp3) is 0.261. The van der Waals surface area contributed by atoms with Crippen LogP contribution in [0, 0.1) is 6.92 Å². The predicted octanol–water partition coefficient (Wildman–Crippen LogP) is 2.35. The van der Waals surface area contributed by atoms with Crippen molar-refractivity contribution in [2.45, 2.75) is 19.4 Å². The van der Waals surface area contributed by atoms with E-state index in [-0.39, 0.29) is 18.9 Å². The minimum Gasteiger partial charge on any atom is -0.486 e. The van der Waals surface area contributed by atoms with Crippen molar-refractivity contribution in [2.75, 3.05) is 24.7 Å². The number of carbonyl (C=O) groups is 3. The van der Waals surface area contributed by atoms with Crippen LogP contribution in [0.2, 0.25) is 0 Å². The molecule has 158 valence electrons. The van der Waals surface area contributed by atoms with Crippen LogP contribution in [0.25, 0.3) is 10.9 Å². The summed E-state index contributed by atoms with van der Waals surface area (Å²) in [7, 11) is 0. The van der Waals surface area contributed by atoms with E-state index in [1.54, 1.807) is 30.0 Å². The minimum atomic E-state index is -0.713. The molecular formula is C23H21N3O5. The van der Waals surface area contributed by atoms with Crippen molar-refractivity contribution in [1.29, 1.82) is 0 Å². The van der Waals surface area contributed by atoms with E-state index in [1.807, 2.05) is 24.3 Å². The first-order chi connectivity index (χ1) is 15.0. The monoisotopic (exact) mass is 419 g/mol. The molecule has 3 heterocycles. The van der Waals surface area contributed by atoms with Gasteiger partial charge in [-0.25, -0.2) is 0 Å². The number of fused-ring (bicyclic) bond motifs is 2. The van der Waals surface area contributed by atoms with Gasteiger partial charge in [0.2, 0.25) is 5.91 Å². The maximum absolute atomic E-state index is 12.9. The van der Waals surface area contributed by atoms with Crippen molar-refractivity contribution >= 4 is 34.2 Å². The van der Waals surface area contributed by atoms with Gasteiger partial charge in [-0.2, -0.15) is 0 Å². The van der Waals surface area contributed by atoms with Gasteiger partial charge in [0.05, 0.1) is 11.6 Å². The molecule has 0 saturated carbocycles. The number of aromatic amines is 1. The van der Waals surface area contributed by atoms with Crippen LogP contribution in [0.5, 0.6) is 11.5 Å². The number of rotatable bonds is 4. The van der Waals surface area contributed by atoms with Gasteiger partial charge in [0.15, 0.2) is 11.5 Å². The van der Waals surface area contributed by atoms with E-state index in [0.717, 1.165) is 5.52 Å². The fourth-order valence-corrected chi connectivity index (χ4v) is 4.19. The number of aryl methyl sites for hydroxylation is 1. The molecule has 2 N–H and O–H groups in total. The van der Waals surface area contributed by atoms with Gasteiger partial charge in [-0.15, -0.1) is 0 Å². The highest BCUT2D eigenvalue weighted by molar-refractivity contribution is 6.45. The smallest absolute Gasteiger partial charge is 0.292 e. The van der Waals surface area contributed by atoms with E-state index < -0.39 is 17.7 Å². The molecule has 2 aliphatic rings. The second kappa shape index (κ2) is 7.46. The summed E-state index contributed by atoms with van der Waals surface area (Å²) in [5.41, 5.74) is 2.48. The van der Waals surface area contributed by atoms with Crippen LogP contribution >= 0.6 is 0 Å². The molecule has 5 rings (SSSR count). The Labute approximate surface area is 178 Å². The van der Waals surface area contributed by atoms with E-state index in [0.29, 0.717) is 47.0 Å². The molecule has 0 aliphatic carbocycles. The minimum absolute atomic E-state index is 0.125. The highest BCUT2D eigenvalue weighted by Crippen LogP contribution is 2.35. The Kier molecular flexibility index (Phi) is 4.62. The van der Waals surface area contributed by atoms with Crippen LogP contribution in [0.3, 0.4) is 0 Å². The lowest BCUT2D eigenvalue weighted by Gasteiger charge is -2.22. The number of hydrogen-bond donors (Lipinski definition) is 2. The molecule has 0 bridgehead atoms. The van der Waals surface area contributed by atoms with Crippen LogP contribution in [0.4, 0.5) is 5.69 Å². The average Bonchev–Trinajstić information content (AvgIpc) is 3.31. The van der Waals surface area contributed by atoms with Gasteiger partial charge < -0.3 is 24.7 Å². The lowest BCUT2D eigenvalue weighted by molar-refractivity contribution is -0.118. The second-order valence-electron chi connectivity index (χ2n) is 7.71. The van der Waals surface area contributed by atoms with Crippen LogP contribution < -0.4 is 19.7 Å². The Morgan fingerprint density at radius 1 is 1.10 bits per heavy atom. The summed E-state index contributed by atoms with van der Waals surface area (Å²) < 4.78 is 11.1. The SMILES string of the molecule is Cc1[nH]c2ccccc2c1C(=O)C(=O)N[C@H]1CC(=O)N(c2ccc3c(c2)OCCO3)C1. The largest absolute Gasteiger partial charge is 0.486 e. The molecule has 1 fully saturated rings. The summed E-state index contributed by atoms with van der Waals surface area (Å²) in [6, 6.07) is 12.2. The molecular weight excluding hydrogens is 398 g/mol. The summed E-state index contributed by atoms with van der Waals surface area (Å²) in [5.74, 6) is -0.215. The third-order valence-corrected chi connectivity index (χ3v) is 5.62. The Balaban J connectivity index is 1.31. The van der Waals surface area contributed by atoms with Crippen molar-refractivity contribution < 1.29 is 23.9 Å². The highest BCUT2D eigenvalue weighted by Gasteiger charge is 2.34. The lowest BCUT2D eigenvalue weighted by atomic mass is 10.1. The second-order valence-corrected chi connectivity index (χ2v) is 7.71. The first kappa shape index (κ1) is 19.2. The Bertz CT molecular complexity index is 1220. The molecule has 3 aromatic rings. The number of benzene rings is 2. The molecule has 31 heavy (non-hydrogen) atoms. The van der Waals surface area contributed by atoms with Gasteiger partial charge in [-0.05, 0) is 25.1 Å².